The largest absolute Gasteiger partial charge is 0.366 e. The van der Waals surface area contributed by atoms with Crippen LogP contribution >= 0.6 is 0 Å². The molecule has 1 aromatic heterocycles. The summed E-state index contributed by atoms with van der Waals surface area (Å²) in [6.07, 6.45) is 4.55. The number of aryl methyl sites for hydroxylation is 1. The fraction of sp³-hybridized carbons (Fsp3) is 0.571. The van der Waals surface area contributed by atoms with Crippen molar-refractivity contribution < 1.29 is 0 Å². The molecular weight excluding hydrogens is 126 g/mol. The van der Waals surface area contributed by atoms with E-state index in [1.54, 1.807) is 0 Å². The Hall–Kier alpha value is -0.990. The third-order valence-electron chi connectivity index (χ3n) is 1.64. The van der Waals surface area contributed by atoms with E-state index in [9.17, 15) is 0 Å². The average molecular weight is 137 g/mol. The lowest BCUT2D eigenvalue weighted by Crippen LogP contribution is -2.01. The summed E-state index contributed by atoms with van der Waals surface area (Å²) in [4.78, 5) is 0. The Morgan fingerprint density at radius 1 is 1.70 bits per heavy atom. The van der Waals surface area contributed by atoms with Gasteiger partial charge in [0.1, 0.15) is 5.82 Å². The molecule has 2 rings (SSSR count). The molecule has 0 unspecified atom stereocenters. The number of hydrogen-bond acceptors (Lipinski definition) is 2. The van der Waals surface area contributed by atoms with Gasteiger partial charge in [0.15, 0.2) is 0 Å². The molecule has 1 aromatic rings. The van der Waals surface area contributed by atoms with Crippen LogP contribution in [-0.4, -0.2) is 15.8 Å². The fourth-order valence-electron chi connectivity index (χ4n) is 0.929. The van der Waals surface area contributed by atoms with Crippen LogP contribution in [0.3, 0.4) is 0 Å². The summed E-state index contributed by atoms with van der Waals surface area (Å²) in [6, 6.07) is 2.70. The van der Waals surface area contributed by atoms with Crippen LogP contribution in [0.4, 0.5) is 5.82 Å². The zero-order valence-corrected chi connectivity index (χ0v) is 6.04. The van der Waals surface area contributed by atoms with Crippen molar-refractivity contribution in [3.63, 3.8) is 0 Å². The summed E-state index contributed by atoms with van der Waals surface area (Å²) in [5.41, 5.74) is 0. The van der Waals surface area contributed by atoms with Crippen LogP contribution in [0.25, 0.3) is 0 Å². The van der Waals surface area contributed by atoms with E-state index in [1.807, 2.05) is 24.0 Å². The van der Waals surface area contributed by atoms with Gasteiger partial charge in [0, 0.05) is 25.4 Å². The minimum Gasteiger partial charge on any atom is -0.366 e. The SMILES string of the molecule is Cn1ccc(NC2CC2)n1. The van der Waals surface area contributed by atoms with Crippen LogP contribution in [-0.2, 0) is 7.05 Å². The molecule has 1 fully saturated rings. The number of nitrogens with zero attached hydrogens (tertiary/aromatic N) is 2. The number of anilines is 1. The first-order chi connectivity index (χ1) is 4.84. The number of rotatable bonds is 2. The molecule has 0 bridgehead atoms. The minimum absolute atomic E-state index is 0.704. The van der Waals surface area contributed by atoms with Gasteiger partial charge in [-0.2, -0.15) is 5.10 Å². The summed E-state index contributed by atoms with van der Waals surface area (Å²) in [5, 5.41) is 7.50. The maximum absolute atomic E-state index is 4.20. The maximum atomic E-state index is 4.20. The van der Waals surface area contributed by atoms with E-state index in [4.69, 9.17) is 0 Å². The first-order valence-corrected chi connectivity index (χ1v) is 3.61. The highest BCUT2D eigenvalue weighted by Gasteiger charge is 2.21. The molecule has 3 nitrogen and oxygen atoms in total. The van der Waals surface area contributed by atoms with Gasteiger partial charge < -0.3 is 5.32 Å². The second-order valence-corrected chi connectivity index (χ2v) is 2.79. The number of aromatic nitrogens is 2. The Morgan fingerprint density at radius 2 is 2.50 bits per heavy atom. The fourth-order valence-corrected chi connectivity index (χ4v) is 0.929. The van der Waals surface area contributed by atoms with Crippen molar-refractivity contribution in [2.75, 3.05) is 5.32 Å². The summed E-state index contributed by atoms with van der Waals surface area (Å²) < 4.78 is 1.81. The second kappa shape index (κ2) is 2.01. The third-order valence-corrected chi connectivity index (χ3v) is 1.64. The van der Waals surface area contributed by atoms with Crippen molar-refractivity contribution in [2.45, 2.75) is 18.9 Å². The van der Waals surface area contributed by atoms with E-state index in [2.05, 4.69) is 10.4 Å². The zero-order valence-electron chi connectivity index (χ0n) is 6.04. The zero-order chi connectivity index (χ0) is 6.97. The standard InChI is InChI=1S/C7H11N3/c1-10-5-4-7(9-10)8-6-2-3-6/h4-6H,2-3H2,1H3,(H,8,9). The van der Waals surface area contributed by atoms with Crippen molar-refractivity contribution in [1.82, 2.24) is 9.78 Å². The molecule has 1 heterocycles. The molecular formula is C7H11N3. The topological polar surface area (TPSA) is 29.9 Å². The van der Waals surface area contributed by atoms with Crippen LogP contribution in [0.2, 0.25) is 0 Å². The molecule has 1 N–H and O–H groups in total. The lowest BCUT2D eigenvalue weighted by atomic mass is 10.6. The van der Waals surface area contributed by atoms with Crippen molar-refractivity contribution in [3.8, 4) is 0 Å². The second-order valence-electron chi connectivity index (χ2n) is 2.79. The Balaban J connectivity index is 2.03. The van der Waals surface area contributed by atoms with E-state index < -0.39 is 0 Å². The highest BCUT2D eigenvalue weighted by Crippen LogP contribution is 2.23. The molecule has 0 spiro atoms. The van der Waals surface area contributed by atoms with Gasteiger partial charge >= 0.3 is 0 Å². The quantitative estimate of drug-likeness (QED) is 0.659. The van der Waals surface area contributed by atoms with Gasteiger partial charge in [-0.3, -0.25) is 4.68 Å². The van der Waals surface area contributed by atoms with Gasteiger partial charge in [-0.05, 0) is 12.8 Å². The van der Waals surface area contributed by atoms with Crippen LogP contribution in [0.15, 0.2) is 12.3 Å². The predicted molar refractivity (Wildman–Crippen MR) is 39.9 cm³/mol. The minimum atomic E-state index is 0.704. The van der Waals surface area contributed by atoms with Gasteiger partial charge in [-0.15, -0.1) is 0 Å². The van der Waals surface area contributed by atoms with E-state index in [0.717, 1.165) is 5.82 Å². The molecule has 0 radical (unpaired) electrons. The predicted octanol–water partition coefficient (Wildman–Crippen LogP) is 0.994. The van der Waals surface area contributed by atoms with Gasteiger partial charge in [-0.1, -0.05) is 0 Å². The third kappa shape index (κ3) is 1.12. The van der Waals surface area contributed by atoms with Gasteiger partial charge in [0.25, 0.3) is 0 Å². The maximum Gasteiger partial charge on any atom is 0.148 e. The Morgan fingerprint density at radius 3 is 3.00 bits per heavy atom. The monoisotopic (exact) mass is 137 g/mol. The average Bonchev–Trinajstić information content (AvgIpc) is 2.59. The van der Waals surface area contributed by atoms with E-state index in [0.29, 0.717) is 6.04 Å². The van der Waals surface area contributed by atoms with Crippen LogP contribution < -0.4 is 5.32 Å². The highest BCUT2D eigenvalue weighted by atomic mass is 15.3. The molecule has 0 aliphatic heterocycles. The number of hydrogen-bond donors (Lipinski definition) is 1. The molecule has 1 aliphatic rings. The molecule has 54 valence electrons. The van der Waals surface area contributed by atoms with Crippen LogP contribution in [0.1, 0.15) is 12.8 Å². The van der Waals surface area contributed by atoms with E-state index in [1.165, 1.54) is 12.8 Å². The molecule has 1 saturated carbocycles. The Labute approximate surface area is 60.0 Å². The normalized spacial score (nSPS) is 17.3. The number of nitrogens with one attached hydrogen (secondary N) is 1. The summed E-state index contributed by atoms with van der Waals surface area (Å²) in [6.45, 7) is 0. The van der Waals surface area contributed by atoms with Crippen LogP contribution in [0, 0.1) is 0 Å². The molecule has 1 aliphatic carbocycles. The van der Waals surface area contributed by atoms with Crippen molar-refractivity contribution in [1.29, 1.82) is 0 Å². The highest BCUT2D eigenvalue weighted by molar-refractivity contribution is 5.34. The first kappa shape index (κ1) is 5.77. The summed E-state index contributed by atoms with van der Waals surface area (Å²) in [7, 11) is 1.93. The van der Waals surface area contributed by atoms with Crippen molar-refractivity contribution >= 4 is 5.82 Å². The van der Waals surface area contributed by atoms with Crippen LogP contribution in [0.5, 0.6) is 0 Å². The first-order valence-electron chi connectivity index (χ1n) is 3.61. The molecule has 0 atom stereocenters. The van der Waals surface area contributed by atoms with E-state index in [-0.39, 0.29) is 0 Å². The molecule has 10 heavy (non-hydrogen) atoms. The molecule has 0 aromatic carbocycles. The summed E-state index contributed by atoms with van der Waals surface area (Å²) in [5.74, 6) is 1.00. The Bertz CT molecular complexity index is 225. The molecule has 0 saturated heterocycles. The summed E-state index contributed by atoms with van der Waals surface area (Å²) >= 11 is 0. The lowest BCUT2D eigenvalue weighted by Gasteiger charge is -1.95. The van der Waals surface area contributed by atoms with Crippen molar-refractivity contribution in [3.05, 3.63) is 12.3 Å². The van der Waals surface area contributed by atoms with Crippen molar-refractivity contribution in [2.24, 2.45) is 7.05 Å². The lowest BCUT2D eigenvalue weighted by molar-refractivity contribution is 0.768. The van der Waals surface area contributed by atoms with Gasteiger partial charge in [-0.25, -0.2) is 0 Å². The molecule has 3 heteroatoms. The molecule has 0 amide bonds. The van der Waals surface area contributed by atoms with Gasteiger partial charge in [0.05, 0.1) is 0 Å². The van der Waals surface area contributed by atoms with E-state index >= 15 is 0 Å². The smallest absolute Gasteiger partial charge is 0.148 e. The van der Waals surface area contributed by atoms with Gasteiger partial charge in [0.2, 0.25) is 0 Å². The Kier molecular flexibility index (Phi) is 1.16.